The van der Waals surface area contributed by atoms with Crippen molar-refractivity contribution < 1.29 is 14.3 Å². The molecule has 0 bridgehead atoms. The molecule has 0 spiro atoms. The van der Waals surface area contributed by atoms with Crippen molar-refractivity contribution in [2.75, 3.05) is 40.0 Å². The van der Waals surface area contributed by atoms with Gasteiger partial charge in [-0.25, -0.2) is 0 Å². The first-order valence-corrected chi connectivity index (χ1v) is 6.33. The molecule has 0 aliphatic carbocycles. The first-order chi connectivity index (χ1) is 9.40. The molecule has 20 heavy (non-hydrogen) atoms. The number of rotatable bonds is 5. The minimum absolute atomic E-state index is 0.0376. The highest BCUT2D eigenvalue weighted by atomic mass is 16.5. The molecule has 0 aliphatic heterocycles. The number of anilines is 1. The summed E-state index contributed by atoms with van der Waals surface area (Å²) in [5, 5.41) is 0. The molecule has 1 rings (SSSR count). The maximum atomic E-state index is 12.5. The number of nitrogens with zero attached hydrogens (tertiary/aromatic N) is 2. The van der Waals surface area contributed by atoms with E-state index in [0.29, 0.717) is 23.5 Å². The molecule has 0 fully saturated rings. The maximum Gasteiger partial charge on any atom is 0.258 e. The summed E-state index contributed by atoms with van der Waals surface area (Å²) in [6, 6.07) is 4.84. The number of hydrogen-bond donors (Lipinski definition) is 1. The van der Waals surface area contributed by atoms with Gasteiger partial charge in [-0.05, 0) is 19.1 Å². The van der Waals surface area contributed by atoms with Crippen LogP contribution in [0.2, 0.25) is 0 Å². The van der Waals surface area contributed by atoms with Crippen LogP contribution in [0.15, 0.2) is 18.2 Å². The molecule has 6 heteroatoms. The van der Waals surface area contributed by atoms with Crippen LogP contribution in [-0.4, -0.2) is 55.9 Å². The molecule has 0 radical (unpaired) electrons. The third-order valence-electron chi connectivity index (χ3n) is 2.95. The van der Waals surface area contributed by atoms with Gasteiger partial charge in [0.15, 0.2) is 0 Å². The van der Waals surface area contributed by atoms with Gasteiger partial charge < -0.3 is 20.3 Å². The van der Waals surface area contributed by atoms with Gasteiger partial charge in [-0.15, -0.1) is 0 Å². The highest BCUT2D eigenvalue weighted by Gasteiger charge is 2.21. The van der Waals surface area contributed by atoms with E-state index in [4.69, 9.17) is 10.5 Å². The van der Waals surface area contributed by atoms with Crippen LogP contribution in [0.5, 0.6) is 5.75 Å². The molecule has 2 N–H and O–H groups in total. The molecule has 0 aromatic heterocycles. The second kappa shape index (κ2) is 6.79. The van der Waals surface area contributed by atoms with Crippen LogP contribution in [0.1, 0.15) is 17.3 Å². The standard InChI is InChI=1S/C14H21N3O3/c1-5-17(9-13(18)16(2)3)14(19)11-7-6-10(15)8-12(11)20-4/h6-8H,5,9,15H2,1-4H3. The van der Waals surface area contributed by atoms with Crippen molar-refractivity contribution in [3.05, 3.63) is 23.8 Å². The summed E-state index contributed by atoms with van der Waals surface area (Å²) in [5.41, 5.74) is 6.58. The van der Waals surface area contributed by atoms with Crippen LogP contribution in [0.25, 0.3) is 0 Å². The number of amides is 2. The molecule has 0 saturated carbocycles. The first kappa shape index (κ1) is 15.8. The predicted octanol–water partition coefficient (Wildman–Crippen LogP) is 0.828. The molecule has 6 nitrogen and oxygen atoms in total. The summed E-state index contributed by atoms with van der Waals surface area (Å²) in [6.45, 7) is 2.30. The van der Waals surface area contributed by atoms with Crippen molar-refractivity contribution in [1.29, 1.82) is 0 Å². The lowest BCUT2D eigenvalue weighted by Gasteiger charge is -2.23. The summed E-state index contributed by atoms with van der Waals surface area (Å²) in [6.07, 6.45) is 0. The Bertz CT molecular complexity index is 500. The first-order valence-electron chi connectivity index (χ1n) is 6.33. The third kappa shape index (κ3) is 3.63. The van der Waals surface area contributed by atoms with Crippen molar-refractivity contribution in [1.82, 2.24) is 9.80 Å². The van der Waals surface area contributed by atoms with Gasteiger partial charge in [0.1, 0.15) is 5.75 Å². The summed E-state index contributed by atoms with van der Waals surface area (Å²) in [5.74, 6) is 0.0277. The highest BCUT2D eigenvalue weighted by Crippen LogP contribution is 2.23. The van der Waals surface area contributed by atoms with Crippen LogP contribution in [0.4, 0.5) is 5.69 Å². The Morgan fingerprint density at radius 2 is 1.95 bits per heavy atom. The van der Waals surface area contributed by atoms with Gasteiger partial charge in [-0.1, -0.05) is 0 Å². The fraction of sp³-hybridized carbons (Fsp3) is 0.429. The zero-order valence-corrected chi connectivity index (χ0v) is 12.3. The Morgan fingerprint density at radius 1 is 1.30 bits per heavy atom. The molecule has 1 aromatic rings. The Hall–Kier alpha value is -2.24. The monoisotopic (exact) mass is 279 g/mol. The number of nitrogen functional groups attached to an aromatic ring is 1. The third-order valence-corrected chi connectivity index (χ3v) is 2.95. The number of methoxy groups -OCH3 is 1. The van der Waals surface area contributed by atoms with Gasteiger partial charge in [-0.3, -0.25) is 9.59 Å². The van der Waals surface area contributed by atoms with E-state index in [9.17, 15) is 9.59 Å². The molecule has 0 atom stereocenters. The molecule has 2 amide bonds. The number of carbonyl (C=O) groups is 2. The average Bonchev–Trinajstić information content (AvgIpc) is 2.43. The lowest BCUT2D eigenvalue weighted by Crippen LogP contribution is -2.40. The topological polar surface area (TPSA) is 75.9 Å². The number of hydrogen-bond acceptors (Lipinski definition) is 4. The van der Waals surface area contributed by atoms with Gasteiger partial charge in [0.05, 0.1) is 19.2 Å². The Morgan fingerprint density at radius 3 is 2.45 bits per heavy atom. The Balaban J connectivity index is 2.99. The fourth-order valence-corrected chi connectivity index (χ4v) is 1.69. The summed E-state index contributed by atoms with van der Waals surface area (Å²) in [4.78, 5) is 27.1. The van der Waals surface area contributed by atoms with E-state index in [1.54, 1.807) is 32.3 Å². The minimum atomic E-state index is -0.250. The zero-order chi connectivity index (χ0) is 15.3. The van der Waals surface area contributed by atoms with E-state index < -0.39 is 0 Å². The molecule has 1 aromatic carbocycles. The van der Waals surface area contributed by atoms with E-state index in [0.717, 1.165) is 0 Å². The predicted molar refractivity (Wildman–Crippen MR) is 77.7 cm³/mol. The largest absolute Gasteiger partial charge is 0.496 e. The number of carbonyl (C=O) groups excluding carboxylic acids is 2. The minimum Gasteiger partial charge on any atom is -0.496 e. The fourth-order valence-electron chi connectivity index (χ4n) is 1.69. The lowest BCUT2D eigenvalue weighted by molar-refractivity contribution is -0.129. The van der Waals surface area contributed by atoms with Crippen molar-refractivity contribution in [2.24, 2.45) is 0 Å². The molecule has 0 saturated heterocycles. The van der Waals surface area contributed by atoms with Crippen molar-refractivity contribution in [3.63, 3.8) is 0 Å². The summed E-state index contributed by atoms with van der Waals surface area (Å²) >= 11 is 0. The van der Waals surface area contributed by atoms with Crippen LogP contribution < -0.4 is 10.5 Å². The van der Waals surface area contributed by atoms with Crippen LogP contribution in [0.3, 0.4) is 0 Å². The SMILES string of the molecule is CCN(CC(=O)N(C)C)C(=O)c1ccc(N)cc1OC. The number of benzene rings is 1. The number of likely N-dealkylation sites (N-methyl/N-ethyl adjacent to an activating group) is 2. The summed E-state index contributed by atoms with van der Waals surface area (Å²) < 4.78 is 5.17. The molecular weight excluding hydrogens is 258 g/mol. The van der Waals surface area contributed by atoms with E-state index in [2.05, 4.69) is 0 Å². The van der Waals surface area contributed by atoms with Gasteiger partial charge in [-0.2, -0.15) is 0 Å². The lowest BCUT2D eigenvalue weighted by atomic mass is 10.1. The highest BCUT2D eigenvalue weighted by molar-refractivity contribution is 5.99. The Kier molecular flexibility index (Phi) is 5.37. The van der Waals surface area contributed by atoms with Crippen molar-refractivity contribution in [3.8, 4) is 5.75 Å². The number of ether oxygens (including phenoxy) is 1. The van der Waals surface area contributed by atoms with E-state index in [1.165, 1.54) is 16.9 Å². The second-order valence-corrected chi connectivity index (χ2v) is 4.57. The van der Waals surface area contributed by atoms with Gasteiger partial charge in [0.25, 0.3) is 5.91 Å². The molecule has 0 aliphatic rings. The average molecular weight is 279 g/mol. The summed E-state index contributed by atoms with van der Waals surface area (Å²) in [7, 11) is 4.79. The smallest absolute Gasteiger partial charge is 0.258 e. The van der Waals surface area contributed by atoms with Gasteiger partial charge in [0, 0.05) is 32.4 Å². The zero-order valence-electron chi connectivity index (χ0n) is 12.3. The Labute approximate surface area is 119 Å². The molecular formula is C14H21N3O3. The van der Waals surface area contributed by atoms with E-state index in [-0.39, 0.29) is 18.4 Å². The van der Waals surface area contributed by atoms with Crippen LogP contribution in [-0.2, 0) is 4.79 Å². The van der Waals surface area contributed by atoms with Crippen LogP contribution >= 0.6 is 0 Å². The van der Waals surface area contributed by atoms with Gasteiger partial charge >= 0.3 is 0 Å². The normalized spacial score (nSPS) is 10.0. The molecule has 0 heterocycles. The van der Waals surface area contributed by atoms with Crippen molar-refractivity contribution >= 4 is 17.5 Å². The quantitative estimate of drug-likeness (QED) is 0.810. The molecule has 0 unspecified atom stereocenters. The van der Waals surface area contributed by atoms with Crippen LogP contribution in [0, 0.1) is 0 Å². The second-order valence-electron chi connectivity index (χ2n) is 4.57. The van der Waals surface area contributed by atoms with E-state index in [1.807, 2.05) is 6.92 Å². The van der Waals surface area contributed by atoms with Gasteiger partial charge in [0.2, 0.25) is 5.91 Å². The van der Waals surface area contributed by atoms with Crippen molar-refractivity contribution in [2.45, 2.75) is 6.92 Å². The molecule has 110 valence electrons. The van der Waals surface area contributed by atoms with E-state index >= 15 is 0 Å². The maximum absolute atomic E-state index is 12.5. The number of nitrogens with two attached hydrogens (primary N) is 1.